The summed E-state index contributed by atoms with van der Waals surface area (Å²) in [5.74, 6) is 0. The minimum absolute atomic E-state index is 0.368. The molecule has 0 radical (unpaired) electrons. The highest BCUT2D eigenvalue weighted by atomic mass is 32.2. The van der Waals surface area contributed by atoms with Crippen LogP contribution < -0.4 is 0 Å². The molecule has 0 saturated carbocycles. The van der Waals surface area contributed by atoms with Gasteiger partial charge in [-0.15, -0.1) is 0 Å². The molecule has 0 bridgehead atoms. The van der Waals surface area contributed by atoms with Gasteiger partial charge in [0.15, 0.2) is 5.16 Å². The molecule has 3 rings (SSSR count). The second-order valence-corrected chi connectivity index (χ2v) is 6.41. The molecule has 1 aromatic heterocycles. The first-order valence-corrected chi connectivity index (χ1v) is 8.81. The minimum atomic E-state index is -4.45. The van der Waals surface area contributed by atoms with Crippen LogP contribution in [0.4, 0.5) is 26.3 Å². The number of imidazole rings is 1. The van der Waals surface area contributed by atoms with Crippen LogP contribution >= 0.6 is 11.8 Å². The number of benzene rings is 2. The molecule has 0 spiro atoms. The van der Waals surface area contributed by atoms with Crippen LogP contribution in [0.25, 0.3) is 22.5 Å². The summed E-state index contributed by atoms with van der Waals surface area (Å²) >= 11 is 1.28. The van der Waals surface area contributed by atoms with Crippen molar-refractivity contribution in [3.8, 4) is 22.5 Å². The van der Waals surface area contributed by atoms with Crippen LogP contribution in [0.15, 0.2) is 53.7 Å². The number of aromatic amines is 1. The zero-order valence-corrected chi connectivity index (χ0v) is 14.6. The Morgan fingerprint density at radius 2 is 1.19 bits per heavy atom. The fourth-order valence-corrected chi connectivity index (χ4v) is 2.90. The first kappa shape index (κ1) is 19.3. The number of thioether (sulfide) groups is 1. The van der Waals surface area contributed by atoms with E-state index in [0.717, 1.165) is 24.3 Å². The summed E-state index contributed by atoms with van der Waals surface area (Å²) in [5, 5.41) is 0.500. The SMILES string of the molecule is CSc1nc(-c2ccc(C(F)(F)F)cc2)c(-c2ccc(C(F)(F)F)cc2)[nH]1. The number of hydrogen-bond acceptors (Lipinski definition) is 2. The molecule has 0 saturated heterocycles. The second-order valence-electron chi connectivity index (χ2n) is 5.62. The van der Waals surface area contributed by atoms with Crippen molar-refractivity contribution in [3.05, 3.63) is 59.7 Å². The van der Waals surface area contributed by atoms with Crippen molar-refractivity contribution in [2.75, 3.05) is 6.26 Å². The maximum Gasteiger partial charge on any atom is 0.416 e. The lowest BCUT2D eigenvalue weighted by Gasteiger charge is -2.09. The van der Waals surface area contributed by atoms with Gasteiger partial charge in [-0.05, 0) is 30.5 Å². The molecular formula is C18H12F6N2S. The van der Waals surface area contributed by atoms with Crippen molar-refractivity contribution in [1.82, 2.24) is 9.97 Å². The normalized spacial score (nSPS) is 12.4. The molecule has 2 nitrogen and oxygen atoms in total. The van der Waals surface area contributed by atoms with Gasteiger partial charge in [0.05, 0.1) is 22.5 Å². The molecule has 0 aliphatic carbocycles. The maximum atomic E-state index is 12.7. The quantitative estimate of drug-likeness (QED) is 0.400. The Bertz CT molecular complexity index is 849. The van der Waals surface area contributed by atoms with E-state index in [0.29, 0.717) is 27.7 Å². The van der Waals surface area contributed by atoms with Gasteiger partial charge in [0, 0.05) is 11.1 Å². The first-order chi connectivity index (χ1) is 12.6. The van der Waals surface area contributed by atoms with E-state index in [1.165, 1.54) is 36.0 Å². The average Bonchev–Trinajstić information content (AvgIpc) is 3.05. The van der Waals surface area contributed by atoms with E-state index < -0.39 is 23.5 Å². The van der Waals surface area contributed by atoms with Crippen LogP contribution in [0.5, 0.6) is 0 Å². The Morgan fingerprint density at radius 3 is 1.59 bits per heavy atom. The van der Waals surface area contributed by atoms with Crippen LogP contribution in [0.1, 0.15) is 11.1 Å². The van der Waals surface area contributed by atoms with Gasteiger partial charge in [-0.3, -0.25) is 0 Å². The summed E-state index contributed by atoms with van der Waals surface area (Å²) in [6, 6.07) is 8.96. The highest BCUT2D eigenvalue weighted by Gasteiger charge is 2.31. The number of rotatable bonds is 3. The zero-order chi connectivity index (χ0) is 19.8. The van der Waals surface area contributed by atoms with Gasteiger partial charge in [0.1, 0.15) is 0 Å². The molecule has 3 aromatic rings. The van der Waals surface area contributed by atoms with Crippen LogP contribution in [0.2, 0.25) is 0 Å². The van der Waals surface area contributed by atoms with Gasteiger partial charge in [0.2, 0.25) is 0 Å². The molecule has 0 amide bonds. The largest absolute Gasteiger partial charge is 0.416 e. The van der Waals surface area contributed by atoms with Gasteiger partial charge >= 0.3 is 12.4 Å². The predicted molar refractivity (Wildman–Crippen MR) is 91.2 cm³/mol. The van der Waals surface area contributed by atoms with Crippen LogP contribution in [-0.2, 0) is 12.4 Å². The lowest BCUT2D eigenvalue weighted by atomic mass is 10.0. The van der Waals surface area contributed by atoms with Crippen LogP contribution in [0.3, 0.4) is 0 Å². The van der Waals surface area contributed by atoms with Crippen molar-refractivity contribution >= 4 is 11.8 Å². The summed E-state index contributed by atoms with van der Waals surface area (Å²) in [6.45, 7) is 0. The summed E-state index contributed by atoms with van der Waals surface area (Å²) in [5.41, 5.74) is 0.107. The van der Waals surface area contributed by atoms with Gasteiger partial charge in [0.25, 0.3) is 0 Å². The topological polar surface area (TPSA) is 28.7 Å². The molecule has 9 heteroatoms. The predicted octanol–water partition coefficient (Wildman–Crippen LogP) is 6.50. The van der Waals surface area contributed by atoms with E-state index in [1.807, 2.05) is 0 Å². The summed E-state index contributed by atoms with van der Waals surface area (Å²) in [7, 11) is 0. The number of alkyl halides is 6. The van der Waals surface area contributed by atoms with Crippen molar-refractivity contribution in [2.45, 2.75) is 17.5 Å². The van der Waals surface area contributed by atoms with Gasteiger partial charge in [-0.25, -0.2) is 4.98 Å². The monoisotopic (exact) mass is 402 g/mol. The molecule has 1 heterocycles. The Hall–Kier alpha value is -2.42. The van der Waals surface area contributed by atoms with Crippen LogP contribution in [0, 0.1) is 0 Å². The molecule has 0 aliphatic heterocycles. The number of halogens is 6. The number of nitrogens with zero attached hydrogens (tertiary/aromatic N) is 1. The van der Waals surface area contributed by atoms with E-state index in [4.69, 9.17) is 0 Å². The Morgan fingerprint density at radius 1 is 0.741 bits per heavy atom. The molecule has 2 aromatic carbocycles. The third-order valence-corrected chi connectivity index (χ3v) is 4.44. The van der Waals surface area contributed by atoms with E-state index in [-0.39, 0.29) is 0 Å². The molecule has 0 atom stereocenters. The summed E-state index contributed by atoms with van der Waals surface area (Å²) in [6.07, 6.45) is -7.15. The Balaban J connectivity index is 2.04. The average molecular weight is 402 g/mol. The van der Waals surface area contributed by atoms with E-state index in [9.17, 15) is 26.3 Å². The summed E-state index contributed by atoms with van der Waals surface area (Å²) < 4.78 is 76.5. The Labute approximate surface area is 154 Å². The lowest BCUT2D eigenvalue weighted by molar-refractivity contribution is -0.138. The lowest BCUT2D eigenvalue weighted by Crippen LogP contribution is -2.04. The first-order valence-electron chi connectivity index (χ1n) is 7.59. The van der Waals surface area contributed by atoms with E-state index in [1.54, 1.807) is 6.26 Å². The van der Waals surface area contributed by atoms with Crippen molar-refractivity contribution in [1.29, 1.82) is 0 Å². The molecule has 142 valence electrons. The summed E-state index contributed by atoms with van der Waals surface area (Å²) in [4.78, 5) is 7.34. The Kier molecular flexibility index (Phi) is 4.98. The zero-order valence-electron chi connectivity index (χ0n) is 13.7. The maximum absolute atomic E-state index is 12.7. The molecule has 27 heavy (non-hydrogen) atoms. The minimum Gasteiger partial charge on any atom is -0.332 e. The fourth-order valence-electron chi connectivity index (χ4n) is 2.51. The van der Waals surface area contributed by atoms with E-state index >= 15 is 0 Å². The number of nitrogens with one attached hydrogen (secondary N) is 1. The highest BCUT2D eigenvalue weighted by molar-refractivity contribution is 7.98. The van der Waals surface area contributed by atoms with Gasteiger partial charge in [-0.1, -0.05) is 36.0 Å². The number of aromatic nitrogens is 2. The highest BCUT2D eigenvalue weighted by Crippen LogP contribution is 2.36. The van der Waals surface area contributed by atoms with Crippen molar-refractivity contribution in [2.24, 2.45) is 0 Å². The van der Waals surface area contributed by atoms with Crippen LogP contribution in [-0.4, -0.2) is 16.2 Å². The van der Waals surface area contributed by atoms with Gasteiger partial charge < -0.3 is 4.98 Å². The third-order valence-electron chi connectivity index (χ3n) is 3.86. The number of H-pyrrole nitrogens is 1. The smallest absolute Gasteiger partial charge is 0.332 e. The van der Waals surface area contributed by atoms with Crippen molar-refractivity contribution < 1.29 is 26.3 Å². The second kappa shape index (κ2) is 6.95. The molecule has 1 N–H and O–H groups in total. The standard InChI is InChI=1S/C18H12F6N2S/c1-27-16-25-14(10-2-6-12(7-3-10)17(19,20)21)15(26-16)11-4-8-13(9-5-11)18(22,23)24/h2-9H,1H3,(H,25,26). The molecular weight excluding hydrogens is 390 g/mol. The molecule has 0 unspecified atom stereocenters. The molecule has 0 fully saturated rings. The molecule has 0 aliphatic rings. The van der Waals surface area contributed by atoms with E-state index in [2.05, 4.69) is 9.97 Å². The van der Waals surface area contributed by atoms with Crippen molar-refractivity contribution in [3.63, 3.8) is 0 Å². The van der Waals surface area contributed by atoms with Gasteiger partial charge in [-0.2, -0.15) is 26.3 Å². The number of hydrogen-bond donors (Lipinski definition) is 1. The fraction of sp³-hybridized carbons (Fsp3) is 0.167. The third kappa shape index (κ3) is 4.13.